The zero-order chi connectivity index (χ0) is 25.8. The quantitative estimate of drug-likeness (QED) is 0.402. The number of carbonyl (C=O) groups excluding carboxylic acids is 3. The average molecular weight is 515 g/mol. The summed E-state index contributed by atoms with van der Waals surface area (Å²) >= 11 is 5.69. The topological polar surface area (TPSA) is 82.6 Å². The van der Waals surface area contributed by atoms with Gasteiger partial charge in [-0.3, -0.25) is 19.4 Å². The van der Waals surface area contributed by atoms with E-state index in [9.17, 15) is 31.9 Å². The summed E-state index contributed by atoms with van der Waals surface area (Å²) < 4.78 is 54.4. The minimum absolute atomic E-state index is 0.114. The number of imide groups is 1. The maximum Gasteiger partial charge on any atom is 0.420 e. The highest BCUT2D eigenvalue weighted by atomic mass is 35.5. The largest absolute Gasteiger partial charge is 0.420 e. The maximum atomic E-state index is 14.1. The number of nitrogens with one attached hydrogen (secondary N) is 1. The monoisotopic (exact) mass is 514 g/mol. The number of hydrogen-bond acceptors (Lipinski definition) is 4. The molecule has 0 radical (unpaired) electrons. The van der Waals surface area contributed by atoms with E-state index < -0.39 is 40.1 Å². The van der Waals surface area contributed by atoms with E-state index in [1.165, 1.54) is 18.3 Å². The summed E-state index contributed by atoms with van der Waals surface area (Å²) in [5.41, 5.74) is -2.57. The molecule has 0 atom stereocenters. The van der Waals surface area contributed by atoms with E-state index >= 15 is 0 Å². The lowest BCUT2D eigenvalue weighted by molar-refractivity contribution is -0.140. The van der Waals surface area contributed by atoms with Crippen molar-refractivity contribution in [1.82, 2.24) is 15.2 Å². The van der Waals surface area contributed by atoms with Gasteiger partial charge in [-0.05, 0) is 37.1 Å². The van der Waals surface area contributed by atoms with Crippen LogP contribution in [0.1, 0.15) is 58.9 Å². The number of carbonyl (C=O) groups is 3. The Morgan fingerprint density at radius 1 is 1.17 bits per heavy atom. The fourth-order valence-electron chi connectivity index (χ4n) is 3.66. The summed E-state index contributed by atoms with van der Waals surface area (Å²) in [7, 11) is 0. The molecule has 0 unspecified atom stereocenters. The van der Waals surface area contributed by atoms with Crippen molar-refractivity contribution in [2.75, 3.05) is 24.5 Å². The Morgan fingerprint density at radius 3 is 2.54 bits per heavy atom. The smallest absolute Gasteiger partial charge is 0.352 e. The van der Waals surface area contributed by atoms with Gasteiger partial charge in [0.15, 0.2) is 0 Å². The van der Waals surface area contributed by atoms with Crippen LogP contribution in [0.5, 0.6) is 0 Å². The van der Waals surface area contributed by atoms with E-state index in [0.29, 0.717) is 23.6 Å². The van der Waals surface area contributed by atoms with Crippen molar-refractivity contribution in [2.24, 2.45) is 0 Å². The average Bonchev–Trinajstić information content (AvgIpc) is 2.80. The van der Waals surface area contributed by atoms with E-state index in [-0.39, 0.29) is 36.8 Å². The minimum atomic E-state index is -5.17. The molecule has 2 heterocycles. The number of amides is 4. The van der Waals surface area contributed by atoms with Crippen LogP contribution >= 0.6 is 11.6 Å². The van der Waals surface area contributed by atoms with Crippen molar-refractivity contribution in [1.29, 1.82) is 0 Å². The minimum Gasteiger partial charge on any atom is -0.352 e. The molecule has 1 N–H and O–H groups in total. The van der Waals surface area contributed by atoms with Gasteiger partial charge in [0.05, 0.1) is 11.1 Å². The highest BCUT2D eigenvalue weighted by molar-refractivity contribution is 6.31. The molecule has 12 heteroatoms. The molecule has 0 bridgehead atoms. The third kappa shape index (κ3) is 6.08. The number of benzene rings is 1. The number of anilines is 1. The van der Waals surface area contributed by atoms with Gasteiger partial charge < -0.3 is 5.32 Å². The Labute approximate surface area is 204 Å². The number of unbranched alkanes of at least 4 members (excludes halogenated alkanes) is 2. The molecule has 0 spiro atoms. The van der Waals surface area contributed by atoms with Crippen molar-refractivity contribution in [2.45, 2.75) is 38.8 Å². The summed E-state index contributed by atoms with van der Waals surface area (Å²) in [6.07, 6.45) is -0.829. The molecule has 0 aliphatic carbocycles. The van der Waals surface area contributed by atoms with Crippen LogP contribution in [0.15, 0.2) is 30.5 Å². The van der Waals surface area contributed by atoms with Gasteiger partial charge in [0, 0.05) is 30.9 Å². The van der Waals surface area contributed by atoms with Crippen LogP contribution in [0.2, 0.25) is 5.02 Å². The van der Waals surface area contributed by atoms with Gasteiger partial charge in [0.2, 0.25) is 0 Å². The molecule has 2 aromatic rings. The third-order valence-electron chi connectivity index (χ3n) is 5.39. The summed E-state index contributed by atoms with van der Waals surface area (Å²) in [6.45, 7) is 2.54. The van der Waals surface area contributed by atoms with Crippen LogP contribution in [-0.2, 0) is 6.18 Å². The Morgan fingerprint density at radius 2 is 1.91 bits per heavy atom. The van der Waals surface area contributed by atoms with Crippen molar-refractivity contribution >= 4 is 35.3 Å². The van der Waals surface area contributed by atoms with Crippen LogP contribution in [0.3, 0.4) is 0 Å². The predicted octanol–water partition coefficient (Wildman–Crippen LogP) is 5.29. The highest BCUT2D eigenvalue weighted by Gasteiger charge is 2.42. The first kappa shape index (κ1) is 26.4. The van der Waals surface area contributed by atoms with E-state index in [1.54, 1.807) is 0 Å². The number of nitrogens with zero attached hydrogens (tertiary/aromatic N) is 3. The summed E-state index contributed by atoms with van der Waals surface area (Å²) in [5.74, 6) is -3.25. The van der Waals surface area contributed by atoms with Gasteiger partial charge in [-0.2, -0.15) is 13.2 Å². The second-order valence-corrected chi connectivity index (χ2v) is 8.36. The van der Waals surface area contributed by atoms with Crippen LogP contribution in [0.4, 0.5) is 28.2 Å². The summed E-state index contributed by atoms with van der Waals surface area (Å²) in [5, 5.41) is 2.35. The number of alkyl halides is 3. The number of halogens is 5. The first-order valence-corrected chi connectivity index (χ1v) is 11.4. The summed E-state index contributed by atoms with van der Waals surface area (Å²) in [6, 6.07) is 3.09. The molecule has 7 nitrogen and oxygen atoms in total. The molecular formula is C23H23ClF4N4O3. The normalized spacial score (nSPS) is 14.3. The maximum absolute atomic E-state index is 14.1. The van der Waals surface area contributed by atoms with Gasteiger partial charge in [0.1, 0.15) is 17.2 Å². The molecular weight excluding hydrogens is 492 g/mol. The first-order valence-electron chi connectivity index (χ1n) is 11.0. The molecule has 1 aliphatic rings. The van der Waals surface area contributed by atoms with E-state index in [0.717, 1.165) is 24.2 Å². The number of pyridine rings is 1. The number of hydrogen-bond donors (Lipinski definition) is 1. The lowest BCUT2D eigenvalue weighted by Crippen LogP contribution is -2.52. The lowest BCUT2D eigenvalue weighted by atomic mass is 10.0. The second-order valence-electron chi connectivity index (χ2n) is 7.92. The third-order valence-corrected chi connectivity index (χ3v) is 5.61. The molecule has 1 fully saturated rings. The highest BCUT2D eigenvalue weighted by Crippen LogP contribution is 2.36. The van der Waals surface area contributed by atoms with Crippen molar-refractivity contribution < 1.29 is 31.9 Å². The van der Waals surface area contributed by atoms with Crippen molar-refractivity contribution in [3.05, 3.63) is 58.0 Å². The van der Waals surface area contributed by atoms with Crippen LogP contribution in [-0.4, -0.2) is 47.4 Å². The van der Waals surface area contributed by atoms with Gasteiger partial charge in [-0.1, -0.05) is 31.4 Å². The molecule has 0 saturated carbocycles. The lowest BCUT2D eigenvalue weighted by Gasteiger charge is -2.34. The summed E-state index contributed by atoms with van der Waals surface area (Å²) in [4.78, 5) is 44.0. The van der Waals surface area contributed by atoms with Crippen LogP contribution in [0.25, 0.3) is 0 Å². The second kappa shape index (κ2) is 11.0. The number of urea groups is 1. The van der Waals surface area contributed by atoms with E-state index in [2.05, 4.69) is 10.3 Å². The van der Waals surface area contributed by atoms with Gasteiger partial charge in [-0.25, -0.2) is 14.2 Å². The Hall–Kier alpha value is -3.21. The molecule has 35 heavy (non-hydrogen) atoms. The van der Waals surface area contributed by atoms with Gasteiger partial charge in [0.25, 0.3) is 11.8 Å². The van der Waals surface area contributed by atoms with Gasteiger partial charge in [-0.15, -0.1) is 0 Å². The number of rotatable bonds is 7. The zero-order valence-corrected chi connectivity index (χ0v) is 19.5. The SMILES string of the molecule is CCCCCNC(=O)c1ccc(N2CCCN(C(=O)c3cc(Cl)cc(F)c3C(F)(F)F)C2=O)nc1. The van der Waals surface area contributed by atoms with E-state index in [4.69, 9.17) is 11.6 Å². The van der Waals surface area contributed by atoms with E-state index in [1.807, 2.05) is 6.92 Å². The predicted molar refractivity (Wildman–Crippen MR) is 121 cm³/mol. The molecule has 1 saturated heterocycles. The molecule has 1 aliphatic heterocycles. The zero-order valence-electron chi connectivity index (χ0n) is 18.8. The van der Waals surface area contributed by atoms with Crippen LogP contribution in [0, 0.1) is 5.82 Å². The molecule has 1 aromatic heterocycles. The molecule has 1 aromatic carbocycles. The first-order chi connectivity index (χ1) is 16.5. The fraction of sp³-hybridized carbons (Fsp3) is 0.391. The Bertz CT molecular complexity index is 1110. The van der Waals surface area contributed by atoms with Crippen LogP contribution < -0.4 is 10.2 Å². The molecule has 4 amide bonds. The van der Waals surface area contributed by atoms with Crippen molar-refractivity contribution in [3.63, 3.8) is 0 Å². The number of aromatic nitrogens is 1. The Balaban J connectivity index is 1.80. The molecule has 3 rings (SSSR count). The van der Waals surface area contributed by atoms with Gasteiger partial charge >= 0.3 is 12.2 Å². The standard InChI is InChI=1S/C23H23ClF4N4O3/c1-2-3-4-8-29-20(33)14-6-7-18(30-13-14)31-9-5-10-32(22(31)35)21(34)16-11-15(24)12-17(25)19(16)23(26,27)28/h6-7,11-13H,2-5,8-10H2,1H3,(H,29,33). The fourth-order valence-corrected chi connectivity index (χ4v) is 3.86. The van der Waals surface area contributed by atoms with Crippen molar-refractivity contribution in [3.8, 4) is 0 Å². The Kier molecular flexibility index (Phi) is 8.31. The molecule has 188 valence electrons.